The zero-order valence-corrected chi connectivity index (χ0v) is 22.3. The van der Waals surface area contributed by atoms with Crippen LogP contribution in [0.5, 0.6) is 0 Å². The molecule has 9 nitrogen and oxygen atoms in total. The summed E-state index contributed by atoms with van der Waals surface area (Å²) in [6, 6.07) is 22.7. The van der Waals surface area contributed by atoms with Crippen LogP contribution in [0.25, 0.3) is 11.1 Å². The number of alkyl carbamates (subject to hydrolysis) is 1. The van der Waals surface area contributed by atoms with Gasteiger partial charge in [-0.05, 0) is 27.8 Å². The fourth-order valence-electron chi connectivity index (χ4n) is 5.27. The number of nitrogens with one attached hydrogen (secondary N) is 2. The average molecular weight is 579 g/mol. The summed E-state index contributed by atoms with van der Waals surface area (Å²) in [5.41, 5.74) is 4.70. The summed E-state index contributed by atoms with van der Waals surface area (Å²) in [5.74, 6) is -10.7. The number of rotatable bonds is 11. The molecule has 0 radical (unpaired) electrons. The van der Waals surface area contributed by atoms with Crippen LogP contribution in [0.4, 0.5) is 13.6 Å². The molecule has 1 saturated carbocycles. The molecule has 5 rings (SSSR count). The Morgan fingerprint density at radius 2 is 1.45 bits per heavy atom. The van der Waals surface area contributed by atoms with Crippen LogP contribution < -0.4 is 10.6 Å². The number of alkyl halides is 2. The molecule has 0 saturated heterocycles. The second-order valence-electron chi connectivity index (χ2n) is 10.2. The summed E-state index contributed by atoms with van der Waals surface area (Å²) >= 11 is 0. The number of halogens is 2. The fraction of sp³-hybridized carbons (Fsp3) is 0.290. The van der Waals surface area contributed by atoms with E-state index in [0.29, 0.717) is 5.56 Å². The molecule has 0 aliphatic heterocycles. The maximum absolute atomic E-state index is 13.8. The topological polar surface area (TPSA) is 131 Å². The van der Waals surface area contributed by atoms with Gasteiger partial charge >= 0.3 is 18.0 Å². The number of ether oxygens (including phenoxy) is 2. The molecule has 0 spiro atoms. The third kappa shape index (κ3) is 6.09. The Balaban J connectivity index is 1.22. The van der Waals surface area contributed by atoms with Crippen molar-refractivity contribution < 1.29 is 42.5 Å². The van der Waals surface area contributed by atoms with E-state index in [1.54, 1.807) is 30.3 Å². The molecular formula is C31H28F2N2O7. The summed E-state index contributed by atoms with van der Waals surface area (Å²) in [6.45, 7) is -0.778. The minimum atomic E-state index is -3.47. The van der Waals surface area contributed by atoms with Crippen molar-refractivity contribution >= 4 is 23.9 Å². The number of hydrogen-bond acceptors (Lipinski definition) is 6. The van der Waals surface area contributed by atoms with Crippen molar-refractivity contribution in [3.8, 4) is 11.1 Å². The lowest BCUT2D eigenvalue weighted by atomic mass is 9.98. The molecule has 11 heteroatoms. The molecule has 0 bridgehead atoms. The van der Waals surface area contributed by atoms with E-state index in [0.717, 1.165) is 22.3 Å². The van der Waals surface area contributed by atoms with Gasteiger partial charge in [-0.3, -0.25) is 14.4 Å². The zero-order chi connectivity index (χ0) is 29.9. The maximum Gasteiger partial charge on any atom is 0.407 e. The van der Waals surface area contributed by atoms with Crippen LogP contribution in [0.2, 0.25) is 0 Å². The second-order valence-corrected chi connectivity index (χ2v) is 10.2. The molecule has 2 aliphatic rings. The highest BCUT2D eigenvalue weighted by atomic mass is 19.3. The lowest BCUT2D eigenvalue weighted by molar-refractivity contribution is -0.147. The summed E-state index contributed by atoms with van der Waals surface area (Å²) in [4.78, 5) is 49.4. The first-order valence-electron chi connectivity index (χ1n) is 13.4. The summed E-state index contributed by atoms with van der Waals surface area (Å²) in [5, 5.41) is 13.5. The Labute approximate surface area is 239 Å². The van der Waals surface area contributed by atoms with Crippen molar-refractivity contribution in [3.05, 3.63) is 95.6 Å². The fourth-order valence-corrected chi connectivity index (χ4v) is 5.27. The minimum absolute atomic E-state index is 0.0543. The van der Waals surface area contributed by atoms with Gasteiger partial charge in [0, 0.05) is 12.5 Å². The monoisotopic (exact) mass is 578 g/mol. The van der Waals surface area contributed by atoms with Crippen LogP contribution in [-0.4, -0.2) is 54.2 Å². The zero-order valence-electron chi connectivity index (χ0n) is 22.3. The van der Waals surface area contributed by atoms with Gasteiger partial charge in [0.15, 0.2) is 0 Å². The van der Waals surface area contributed by atoms with E-state index in [1.807, 2.05) is 48.5 Å². The molecule has 218 valence electrons. The van der Waals surface area contributed by atoms with Crippen LogP contribution in [0, 0.1) is 11.8 Å². The number of fused-ring (bicyclic) bond motifs is 3. The van der Waals surface area contributed by atoms with Gasteiger partial charge in [-0.15, -0.1) is 0 Å². The van der Waals surface area contributed by atoms with Crippen molar-refractivity contribution in [2.45, 2.75) is 30.9 Å². The first-order valence-corrected chi connectivity index (χ1v) is 13.4. The first-order chi connectivity index (χ1) is 20.2. The van der Waals surface area contributed by atoms with Gasteiger partial charge in [0.25, 0.3) is 5.92 Å². The van der Waals surface area contributed by atoms with E-state index < -0.39 is 60.7 Å². The summed E-state index contributed by atoms with van der Waals surface area (Å²) in [7, 11) is 0. The molecule has 2 amide bonds. The molecule has 0 heterocycles. The van der Waals surface area contributed by atoms with E-state index in [1.165, 1.54) is 0 Å². The van der Waals surface area contributed by atoms with E-state index in [-0.39, 0.29) is 19.1 Å². The van der Waals surface area contributed by atoms with Crippen molar-refractivity contribution in [1.82, 2.24) is 10.6 Å². The normalized spacial score (nSPS) is 18.6. The molecule has 2 aliphatic carbocycles. The number of amides is 2. The van der Waals surface area contributed by atoms with Crippen molar-refractivity contribution in [2.24, 2.45) is 11.8 Å². The Kier molecular flexibility index (Phi) is 8.19. The molecule has 3 aromatic carbocycles. The van der Waals surface area contributed by atoms with Crippen molar-refractivity contribution in [3.63, 3.8) is 0 Å². The van der Waals surface area contributed by atoms with E-state index in [9.17, 15) is 28.0 Å². The van der Waals surface area contributed by atoms with Gasteiger partial charge in [0.1, 0.15) is 25.2 Å². The third-order valence-electron chi connectivity index (χ3n) is 7.53. The standard InChI is InChI=1S/C31H28F2N2O7/c32-31(33)24(27(31)29(38)39)15-34-28(37)25(14-26(36)41-16-18-8-2-1-3-9-18)35-30(40)42-17-23-21-12-6-4-10-19(21)20-11-5-7-13-22(20)23/h1-13,23-25,27H,14-17H2,(H,34,37)(H,35,40)(H,38,39)/t24-,25-,27-/m0/s1. The third-order valence-corrected chi connectivity index (χ3v) is 7.53. The van der Waals surface area contributed by atoms with Crippen LogP contribution >= 0.6 is 0 Å². The average Bonchev–Trinajstić information content (AvgIpc) is 3.40. The molecule has 3 atom stereocenters. The van der Waals surface area contributed by atoms with E-state index in [2.05, 4.69) is 10.6 Å². The van der Waals surface area contributed by atoms with Crippen LogP contribution in [0.15, 0.2) is 78.9 Å². The van der Waals surface area contributed by atoms with Crippen LogP contribution in [0.1, 0.15) is 29.0 Å². The highest BCUT2D eigenvalue weighted by Crippen LogP contribution is 2.54. The maximum atomic E-state index is 13.8. The first kappa shape index (κ1) is 28.7. The Bertz CT molecular complexity index is 1450. The summed E-state index contributed by atoms with van der Waals surface area (Å²) in [6.07, 6.45) is -1.60. The number of carboxylic acids is 1. The minimum Gasteiger partial charge on any atom is -0.481 e. The van der Waals surface area contributed by atoms with Crippen LogP contribution in [0.3, 0.4) is 0 Å². The number of aliphatic carboxylic acids is 1. The van der Waals surface area contributed by atoms with Crippen molar-refractivity contribution in [1.29, 1.82) is 0 Å². The quantitative estimate of drug-likeness (QED) is 0.292. The van der Waals surface area contributed by atoms with Crippen molar-refractivity contribution in [2.75, 3.05) is 13.2 Å². The number of carbonyl (C=O) groups is 4. The van der Waals surface area contributed by atoms with Gasteiger partial charge in [-0.2, -0.15) is 0 Å². The second kappa shape index (κ2) is 12.0. The Morgan fingerprint density at radius 1 is 0.857 bits per heavy atom. The molecular weight excluding hydrogens is 550 g/mol. The lowest BCUT2D eigenvalue weighted by Gasteiger charge is -2.19. The molecule has 0 unspecified atom stereocenters. The lowest BCUT2D eigenvalue weighted by Crippen LogP contribution is -2.49. The molecule has 3 N–H and O–H groups in total. The SMILES string of the molecule is O=C(C[C@H](NC(=O)OCC1c2ccccc2-c2ccccc21)C(=O)NC[C@H]1[C@@H](C(=O)O)C1(F)F)OCc1ccccc1. The van der Waals surface area contributed by atoms with Crippen LogP contribution in [-0.2, 0) is 30.5 Å². The van der Waals surface area contributed by atoms with Gasteiger partial charge < -0.3 is 25.2 Å². The van der Waals surface area contributed by atoms with E-state index in [4.69, 9.17) is 14.6 Å². The number of benzene rings is 3. The Morgan fingerprint density at radius 3 is 2.05 bits per heavy atom. The molecule has 3 aromatic rings. The highest BCUT2D eigenvalue weighted by Gasteiger charge is 2.72. The van der Waals surface area contributed by atoms with Gasteiger partial charge in [-0.1, -0.05) is 78.9 Å². The number of carboxylic acid groups (broad SMARTS) is 1. The predicted octanol–water partition coefficient (Wildman–Crippen LogP) is 4.11. The largest absolute Gasteiger partial charge is 0.481 e. The smallest absolute Gasteiger partial charge is 0.407 e. The van der Waals surface area contributed by atoms with Gasteiger partial charge in [0.2, 0.25) is 5.91 Å². The highest BCUT2D eigenvalue weighted by molar-refractivity contribution is 5.90. The Hall–Kier alpha value is -4.80. The molecule has 0 aromatic heterocycles. The van der Waals surface area contributed by atoms with Gasteiger partial charge in [-0.25, -0.2) is 13.6 Å². The molecule has 42 heavy (non-hydrogen) atoms. The van der Waals surface area contributed by atoms with Gasteiger partial charge in [0.05, 0.1) is 12.3 Å². The summed E-state index contributed by atoms with van der Waals surface area (Å²) < 4.78 is 38.3. The van der Waals surface area contributed by atoms with E-state index >= 15 is 0 Å². The molecule has 1 fully saturated rings. The predicted molar refractivity (Wildman–Crippen MR) is 145 cm³/mol. The number of hydrogen-bond donors (Lipinski definition) is 3. The number of carbonyl (C=O) groups excluding carboxylic acids is 3. The number of esters is 1.